The molecule has 0 aliphatic heterocycles. The minimum atomic E-state index is 0.572. The first-order valence-corrected chi connectivity index (χ1v) is 7.15. The molecule has 0 bridgehead atoms. The molecule has 0 radical (unpaired) electrons. The van der Waals surface area contributed by atoms with E-state index in [4.69, 9.17) is 0 Å². The lowest BCUT2D eigenvalue weighted by molar-refractivity contribution is 0.497. The van der Waals surface area contributed by atoms with Gasteiger partial charge in [-0.3, -0.25) is 0 Å². The van der Waals surface area contributed by atoms with Gasteiger partial charge in [0.1, 0.15) is 5.82 Å². The molecule has 1 aromatic heterocycles. The van der Waals surface area contributed by atoms with Gasteiger partial charge in [-0.1, -0.05) is 52.4 Å². The first-order chi connectivity index (χ1) is 8.38. The monoisotopic (exact) mass is 234 g/mol. The van der Waals surface area contributed by atoms with Crippen molar-refractivity contribution in [1.82, 2.24) is 9.97 Å². The zero-order valence-electron chi connectivity index (χ0n) is 11.4. The summed E-state index contributed by atoms with van der Waals surface area (Å²) in [6, 6.07) is 1.90. The zero-order valence-corrected chi connectivity index (χ0v) is 11.4. The molecule has 17 heavy (non-hydrogen) atoms. The predicted molar refractivity (Wildman–Crippen MR) is 73.1 cm³/mol. The van der Waals surface area contributed by atoms with Crippen LogP contribution in [0.4, 0.5) is 0 Å². The van der Waals surface area contributed by atoms with E-state index in [0.717, 1.165) is 5.82 Å². The van der Waals surface area contributed by atoms with Gasteiger partial charge in [-0.15, -0.1) is 0 Å². The van der Waals surface area contributed by atoms with E-state index in [1.165, 1.54) is 51.4 Å². The molecule has 0 saturated carbocycles. The Balaban J connectivity index is 2.33. The molecule has 1 unspecified atom stereocenters. The molecule has 1 aromatic rings. The highest BCUT2D eigenvalue weighted by atomic mass is 14.9. The molecule has 96 valence electrons. The Morgan fingerprint density at radius 2 is 1.59 bits per heavy atom. The fourth-order valence-corrected chi connectivity index (χ4v) is 2.27. The second-order valence-corrected chi connectivity index (χ2v) is 4.80. The van der Waals surface area contributed by atoms with Crippen molar-refractivity contribution in [2.24, 2.45) is 0 Å². The van der Waals surface area contributed by atoms with E-state index >= 15 is 0 Å². The quantitative estimate of drug-likeness (QED) is 0.578. The van der Waals surface area contributed by atoms with Gasteiger partial charge < -0.3 is 0 Å². The van der Waals surface area contributed by atoms with Gasteiger partial charge in [0.25, 0.3) is 0 Å². The molecule has 2 nitrogen and oxygen atoms in total. The van der Waals surface area contributed by atoms with Gasteiger partial charge in [-0.05, 0) is 18.9 Å². The minimum Gasteiger partial charge on any atom is -0.241 e. The summed E-state index contributed by atoms with van der Waals surface area (Å²) in [6.07, 6.45) is 14.2. The number of rotatable bonds is 9. The van der Waals surface area contributed by atoms with Crippen LogP contribution in [0, 0.1) is 0 Å². The maximum Gasteiger partial charge on any atom is 0.131 e. The SMILES string of the molecule is CCCCCCCC(CCC)c1ncccn1. The fraction of sp³-hybridized carbons (Fsp3) is 0.733. The minimum absolute atomic E-state index is 0.572. The molecule has 0 aromatic carbocycles. The lowest BCUT2D eigenvalue weighted by atomic mass is 9.95. The van der Waals surface area contributed by atoms with Gasteiger partial charge in [0.05, 0.1) is 0 Å². The van der Waals surface area contributed by atoms with Gasteiger partial charge in [0.15, 0.2) is 0 Å². The molecule has 0 aliphatic carbocycles. The van der Waals surface area contributed by atoms with E-state index in [1.807, 2.05) is 18.5 Å². The van der Waals surface area contributed by atoms with Crippen molar-refractivity contribution in [3.8, 4) is 0 Å². The Morgan fingerprint density at radius 1 is 0.882 bits per heavy atom. The van der Waals surface area contributed by atoms with Crippen molar-refractivity contribution in [2.75, 3.05) is 0 Å². The van der Waals surface area contributed by atoms with E-state index < -0.39 is 0 Å². The van der Waals surface area contributed by atoms with E-state index in [1.54, 1.807) is 0 Å². The molecule has 0 amide bonds. The topological polar surface area (TPSA) is 25.8 Å². The van der Waals surface area contributed by atoms with Crippen molar-refractivity contribution >= 4 is 0 Å². The number of unbranched alkanes of at least 4 members (excludes halogenated alkanes) is 4. The molecule has 0 saturated heterocycles. The number of nitrogens with zero attached hydrogens (tertiary/aromatic N) is 2. The second kappa shape index (κ2) is 9.15. The Hall–Kier alpha value is -0.920. The summed E-state index contributed by atoms with van der Waals surface area (Å²) >= 11 is 0. The number of aromatic nitrogens is 2. The van der Waals surface area contributed by atoms with Crippen LogP contribution in [0.1, 0.15) is 77.0 Å². The highest BCUT2D eigenvalue weighted by Gasteiger charge is 2.12. The van der Waals surface area contributed by atoms with Crippen LogP contribution >= 0.6 is 0 Å². The zero-order chi connectivity index (χ0) is 12.3. The Labute approximate surface area is 106 Å². The summed E-state index contributed by atoms with van der Waals surface area (Å²) in [5, 5.41) is 0. The van der Waals surface area contributed by atoms with Crippen molar-refractivity contribution in [3.63, 3.8) is 0 Å². The summed E-state index contributed by atoms with van der Waals surface area (Å²) in [7, 11) is 0. The van der Waals surface area contributed by atoms with E-state index in [0.29, 0.717) is 5.92 Å². The van der Waals surface area contributed by atoms with Crippen molar-refractivity contribution in [1.29, 1.82) is 0 Å². The van der Waals surface area contributed by atoms with E-state index in [9.17, 15) is 0 Å². The maximum absolute atomic E-state index is 4.40. The van der Waals surface area contributed by atoms with E-state index in [2.05, 4.69) is 23.8 Å². The van der Waals surface area contributed by atoms with E-state index in [-0.39, 0.29) is 0 Å². The summed E-state index contributed by atoms with van der Waals surface area (Å²) in [5.74, 6) is 1.62. The molecular weight excluding hydrogens is 208 g/mol. The molecule has 0 fully saturated rings. The standard InChI is InChI=1S/C15H26N2/c1-3-5-6-7-8-11-14(10-4-2)15-16-12-9-13-17-15/h9,12-14H,3-8,10-11H2,1-2H3. The summed E-state index contributed by atoms with van der Waals surface area (Å²) in [6.45, 7) is 4.50. The molecule has 1 heterocycles. The predicted octanol–water partition coefficient (Wildman–Crippen LogP) is 4.72. The third kappa shape index (κ3) is 5.81. The average Bonchev–Trinajstić information content (AvgIpc) is 2.38. The average molecular weight is 234 g/mol. The van der Waals surface area contributed by atoms with Crippen LogP contribution in [0.3, 0.4) is 0 Å². The Kier molecular flexibility index (Phi) is 7.61. The van der Waals surface area contributed by atoms with Crippen LogP contribution in [-0.2, 0) is 0 Å². The smallest absolute Gasteiger partial charge is 0.131 e. The molecule has 0 N–H and O–H groups in total. The summed E-state index contributed by atoms with van der Waals surface area (Å²) < 4.78 is 0. The number of hydrogen-bond donors (Lipinski definition) is 0. The van der Waals surface area contributed by atoms with Crippen molar-refractivity contribution < 1.29 is 0 Å². The molecule has 2 heteroatoms. The summed E-state index contributed by atoms with van der Waals surface area (Å²) in [5.41, 5.74) is 0. The van der Waals surface area contributed by atoms with Crippen LogP contribution in [0.15, 0.2) is 18.5 Å². The maximum atomic E-state index is 4.40. The van der Waals surface area contributed by atoms with Gasteiger partial charge in [-0.2, -0.15) is 0 Å². The van der Waals surface area contributed by atoms with Crippen LogP contribution in [-0.4, -0.2) is 9.97 Å². The van der Waals surface area contributed by atoms with Crippen LogP contribution in [0.2, 0.25) is 0 Å². The largest absolute Gasteiger partial charge is 0.241 e. The fourth-order valence-electron chi connectivity index (χ4n) is 2.27. The molecule has 1 atom stereocenters. The van der Waals surface area contributed by atoms with Gasteiger partial charge in [-0.25, -0.2) is 9.97 Å². The lowest BCUT2D eigenvalue weighted by Crippen LogP contribution is -2.04. The molecule has 0 aliphatic rings. The number of hydrogen-bond acceptors (Lipinski definition) is 2. The molecule has 0 spiro atoms. The van der Waals surface area contributed by atoms with Crippen LogP contribution < -0.4 is 0 Å². The van der Waals surface area contributed by atoms with Gasteiger partial charge >= 0.3 is 0 Å². The lowest BCUT2D eigenvalue weighted by Gasteiger charge is -2.14. The van der Waals surface area contributed by atoms with Crippen molar-refractivity contribution in [2.45, 2.75) is 71.1 Å². The third-order valence-electron chi connectivity index (χ3n) is 3.24. The van der Waals surface area contributed by atoms with Gasteiger partial charge in [0.2, 0.25) is 0 Å². The van der Waals surface area contributed by atoms with Crippen LogP contribution in [0.5, 0.6) is 0 Å². The van der Waals surface area contributed by atoms with Gasteiger partial charge in [0, 0.05) is 18.3 Å². The van der Waals surface area contributed by atoms with Crippen LogP contribution in [0.25, 0.3) is 0 Å². The first-order valence-electron chi connectivity index (χ1n) is 7.15. The highest BCUT2D eigenvalue weighted by molar-refractivity contribution is 4.96. The van der Waals surface area contributed by atoms with Crippen molar-refractivity contribution in [3.05, 3.63) is 24.3 Å². The third-order valence-corrected chi connectivity index (χ3v) is 3.24. The molecular formula is C15H26N2. The first kappa shape index (κ1) is 14.1. The Bertz CT molecular complexity index is 272. The normalized spacial score (nSPS) is 12.6. The Morgan fingerprint density at radius 3 is 2.24 bits per heavy atom. The highest BCUT2D eigenvalue weighted by Crippen LogP contribution is 2.24. The second-order valence-electron chi connectivity index (χ2n) is 4.80. The summed E-state index contributed by atoms with van der Waals surface area (Å²) in [4.78, 5) is 8.80. The molecule has 1 rings (SSSR count).